The number of nitrogens with zero attached hydrogens (tertiary/aromatic N) is 2. The monoisotopic (exact) mass is 620 g/mol. The highest BCUT2D eigenvalue weighted by Gasteiger charge is 2.24. The molecule has 47 heavy (non-hydrogen) atoms. The maximum atomic E-state index is 13.8. The van der Waals surface area contributed by atoms with E-state index in [9.17, 15) is 4.79 Å². The van der Waals surface area contributed by atoms with Crippen LogP contribution in [-0.4, -0.2) is 34.9 Å². The number of para-hydroxylation sites is 1. The van der Waals surface area contributed by atoms with Crippen molar-refractivity contribution in [2.45, 2.75) is 52.0 Å². The third-order valence-electron chi connectivity index (χ3n) is 9.66. The fraction of sp³-hybridized carbons (Fsp3) is 0.295. The Morgan fingerprint density at radius 3 is 2.15 bits per heavy atom. The van der Waals surface area contributed by atoms with Crippen molar-refractivity contribution in [1.29, 1.82) is 0 Å². The third kappa shape index (κ3) is 8.28. The number of likely N-dealkylation sites (N-methyl/N-ethyl adjacent to an activating group) is 1. The van der Waals surface area contributed by atoms with Gasteiger partial charge in [0.25, 0.3) is 0 Å². The lowest BCUT2D eigenvalue weighted by Crippen LogP contribution is -2.39. The molecule has 1 aromatic heterocycles. The van der Waals surface area contributed by atoms with Crippen molar-refractivity contribution in [2.75, 3.05) is 13.6 Å². The Bertz CT molecular complexity index is 1920. The molecule has 240 valence electrons. The van der Waals surface area contributed by atoms with E-state index in [2.05, 4.69) is 159 Å². The number of carbonyl (C=O) groups excluding carboxylic acids is 1. The van der Waals surface area contributed by atoms with Crippen LogP contribution in [0.3, 0.4) is 0 Å². The van der Waals surface area contributed by atoms with E-state index in [-0.39, 0.29) is 5.92 Å². The van der Waals surface area contributed by atoms with Gasteiger partial charge in [-0.05, 0) is 82.8 Å². The number of aromatic nitrogens is 1. The van der Waals surface area contributed by atoms with Crippen molar-refractivity contribution in [3.05, 3.63) is 144 Å². The van der Waals surface area contributed by atoms with Crippen LogP contribution in [0.15, 0.2) is 128 Å². The Morgan fingerprint density at radius 1 is 0.723 bits per heavy atom. The quantitative estimate of drug-likeness (QED) is 0.121. The molecule has 0 aliphatic carbocycles. The Labute approximate surface area is 280 Å². The third-order valence-corrected chi connectivity index (χ3v) is 9.66. The Kier molecular flexibility index (Phi) is 10.3. The molecule has 6 aromatic rings. The molecule has 1 heterocycles. The van der Waals surface area contributed by atoms with Crippen LogP contribution in [0.25, 0.3) is 32.8 Å². The lowest BCUT2D eigenvalue weighted by molar-refractivity contribution is -0.119. The second kappa shape index (κ2) is 15.0. The number of benzene rings is 5. The molecule has 3 heteroatoms. The fourth-order valence-corrected chi connectivity index (χ4v) is 7.33. The molecule has 0 saturated carbocycles. The fourth-order valence-electron chi connectivity index (χ4n) is 7.33. The molecule has 6 rings (SSSR count). The van der Waals surface area contributed by atoms with Gasteiger partial charge >= 0.3 is 0 Å². The summed E-state index contributed by atoms with van der Waals surface area (Å²) >= 11 is 0. The SMILES string of the molecule is CC(C)C[C@@H](Cc1ccc2ccccc2c1)N(C)C[C@@H](CC(=O)Cc1ccc(-c2ccccc2)cc1)Cc1cn(C)c2ccccc12. The van der Waals surface area contributed by atoms with E-state index in [1.54, 1.807) is 0 Å². The Morgan fingerprint density at radius 2 is 1.38 bits per heavy atom. The molecule has 5 aromatic carbocycles. The topological polar surface area (TPSA) is 25.2 Å². The molecule has 2 atom stereocenters. The first-order valence-electron chi connectivity index (χ1n) is 17.2. The molecule has 0 saturated heterocycles. The van der Waals surface area contributed by atoms with Gasteiger partial charge in [0.2, 0.25) is 0 Å². The van der Waals surface area contributed by atoms with Crippen molar-refractivity contribution in [2.24, 2.45) is 18.9 Å². The first-order valence-corrected chi connectivity index (χ1v) is 17.2. The second-order valence-electron chi connectivity index (χ2n) is 13.9. The molecule has 0 amide bonds. The minimum absolute atomic E-state index is 0.216. The molecular weight excluding hydrogens is 572 g/mol. The molecular formula is C44H48N2O. The number of Topliss-reactive ketones (excluding diaryl/α,β-unsaturated/α-hetero) is 1. The molecule has 0 unspecified atom stereocenters. The summed E-state index contributed by atoms with van der Waals surface area (Å²) in [5, 5.41) is 3.88. The van der Waals surface area contributed by atoms with Crippen LogP contribution in [0, 0.1) is 11.8 Å². The average Bonchev–Trinajstić information content (AvgIpc) is 3.39. The molecule has 3 nitrogen and oxygen atoms in total. The van der Waals surface area contributed by atoms with Gasteiger partial charge in [0.1, 0.15) is 5.78 Å². The summed E-state index contributed by atoms with van der Waals surface area (Å²) < 4.78 is 2.23. The summed E-state index contributed by atoms with van der Waals surface area (Å²) in [7, 11) is 4.40. The Hall–Kier alpha value is -4.47. The normalized spacial score (nSPS) is 13.1. The number of ketones is 1. The highest BCUT2D eigenvalue weighted by Crippen LogP contribution is 2.27. The van der Waals surface area contributed by atoms with Gasteiger partial charge < -0.3 is 9.47 Å². The Balaban J connectivity index is 1.21. The van der Waals surface area contributed by atoms with E-state index in [1.807, 2.05) is 6.07 Å². The van der Waals surface area contributed by atoms with Crippen LogP contribution in [0.1, 0.15) is 43.4 Å². The molecule has 0 aliphatic heterocycles. The number of hydrogen-bond donors (Lipinski definition) is 0. The number of fused-ring (bicyclic) bond motifs is 2. The van der Waals surface area contributed by atoms with Crippen LogP contribution in [0.2, 0.25) is 0 Å². The van der Waals surface area contributed by atoms with Crippen molar-refractivity contribution < 1.29 is 4.79 Å². The van der Waals surface area contributed by atoms with E-state index in [4.69, 9.17) is 0 Å². The second-order valence-corrected chi connectivity index (χ2v) is 13.9. The summed E-state index contributed by atoms with van der Waals surface area (Å²) in [6.45, 7) is 5.52. The van der Waals surface area contributed by atoms with E-state index >= 15 is 0 Å². The lowest BCUT2D eigenvalue weighted by Gasteiger charge is -2.33. The minimum atomic E-state index is 0.216. The van der Waals surface area contributed by atoms with Gasteiger partial charge in [0.05, 0.1) is 0 Å². The van der Waals surface area contributed by atoms with Crippen molar-refractivity contribution >= 4 is 27.5 Å². The minimum Gasteiger partial charge on any atom is -0.350 e. The van der Waals surface area contributed by atoms with E-state index in [0.717, 1.165) is 31.4 Å². The summed E-state index contributed by atoms with van der Waals surface area (Å²) in [5.74, 6) is 1.11. The number of aryl methyl sites for hydroxylation is 1. The molecule has 0 aliphatic rings. The van der Waals surface area contributed by atoms with Crippen molar-refractivity contribution in [3.63, 3.8) is 0 Å². The highest BCUT2D eigenvalue weighted by molar-refractivity contribution is 5.85. The summed E-state index contributed by atoms with van der Waals surface area (Å²) in [4.78, 5) is 16.3. The maximum absolute atomic E-state index is 13.8. The summed E-state index contributed by atoms with van der Waals surface area (Å²) in [5.41, 5.74) is 7.41. The van der Waals surface area contributed by atoms with Gasteiger partial charge in [-0.15, -0.1) is 0 Å². The highest BCUT2D eigenvalue weighted by atomic mass is 16.1. The van der Waals surface area contributed by atoms with Gasteiger partial charge in [0, 0.05) is 49.6 Å². The van der Waals surface area contributed by atoms with Gasteiger partial charge in [-0.3, -0.25) is 4.79 Å². The van der Waals surface area contributed by atoms with Gasteiger partial charge in [-0.2, -0.15) is 0 Å². The lowest BCUT2D eigenvalue weighted by atomic mass is 9.89. The predicted octanol–water partition coefficient (Wildman–Crippen LogP) is 9.95. The molecule has 0 N–H and O–H groups in total. The zero-order chi connectivity index (χ0) is 32.8. The number of carbonyl (C=O) groups is 1. The number of hydrogen-bond acceptors (Lipinski definition) is 2. The van der Waals surface area contributed by atoms with E-state index in [1.165, 1.54) is 43.9 Å². The van der Waals surface area contributed by atoms with Crippen LogP contribution >= 0.6 is 0 Å². The molecule has 0 bridgehead atoms. The zero-order valence-electron chi connectivity index (χ0n) is 28.4. The first-order chi connectivity index (χ1) is 22.8. The smallest absolute Gasteiger partial charge is 0.137 e. The van der Waals surface area contributed by atoms with E-state index in [0.29, 0.717) is 30.6 Å². The van der Waals surface area contributed by atoms with Crippen LogP contribution in [0.4, 0.5) is 0 Å². The van der Waals surface area contributed by atoms with E-state index < -0.39 is 0 Å². The number of rotatable bonds is 14. The van der Waals surface area contributed by atoms with Crippen LogP contribution in [0.5, 0.6) is 0 Å². The molecule has 0 radical (unpaired) electrons. The van der Waals surface area contributed by atoms with Crippen molar-refractivity contribution in [3.8, 4) is 11.1 Å². The first kappa shape index (κ1) is 32.5. The van der Waals surface area contributed by atoms with Crippen LogP contribution < -0.4 is 0 Å². The molecule has 0 spiro atoms. The zero-order valence-corrected chi connectivity index (χ0v) is 28.4. The largest absolute Gasteiger partial charge is 0.350 e. The average molecular weight is 621 g/mol. The predicted molar refractivity (Wildman–Crippen MR) is 199 cm³/mol. The van der Waals surface area contributed by atoms with Gasteiger partial charge in [-0.25, -0.2) is 0 Å². The van der Waals surface area contributed by atoms with Gasteiger partial charge in [0.15, 0.2) is 0 Å². The van der Waals surface area contributed by atoms with Gasteiger partial charge in [-0.1, -0.05) is 129 Å². The molecule has 0 fully saturated rings. The summed E-state index contributed by atoms with van der Waals surface area (Å²) in [6.07, 6.45) is 6.31. The van der Waals surface area contributed by atoms with Crippen LogP contribution in [-0.2, 0) is 31.1 Å². The summed E-state index contributed by atoms with van der Waals surface area (Å²) in [6, 6.07) is 43.5. The standard InChI is InChI=1S/C44H48N2O/c1-32(2)24-41(27-34-20-23-37-14-8-9-15-39(37)25-34)45(3)30-35(26-40-31-46(4)44-17-11-10-16-43(40)44)29-42(47)28-33-18-21-38(22-19-33)36-12-6-5-7-13-36/h5-23,25,31-32,35,41H,24,26-30H2,1-4H3/t35-,41+/m1/s1. The van der Waals surface area contributed by atoms with Crippen molar-refractivity contribution in [1.82, 2.24) is 9.47 Å². The maximum Gasteiger partial charge on any atom is 0.137 e.